The van der Waals surface area contributed by atoms with Crippen molar-refractivity contribution in [3.63, 3.8) is 0 Å². The van der Waals surface area contributed by atoms with Gasteiger partial charge in [0, 0.05) is 18.6 Å². The van der Waals surface area contributed by atoms with Crippen LogP contribution in [0.5, 0.6) is 11.5 Å². The van der Waals surface area contributed by atoms with Gasteiger partial charge in [-0.05, 0) is 30.7 Å². The lowest BCUT2D eigenvalue weighted by molar-refractivity contribution is -0.118. The molecule has 12 heteroatoms. The number of benzene rings is 2. The molecule has 0 aliphatic carbocycles. The second-order valence-electron chi connectivity index (χ2n) is 6.58. The maximum Gasteiger partial charge on any atom is 0.371 e. The summed E-state index contributed by atoms with van der Waals surface area (Å²) in [6.07, 6.45) is 1.37. The maximum absolute atomic E-state index is 10.6. The van der Waals surface area contributed by atoms with Crippen LogP contribution in [0.1, 0.15) is 41.0 Å². The summed E-state index contributed by atoms with van der Waals surface area (Å²) in [5.74, 6) is -1.84. The number of carboxylic acids is 2. The van der Waals surface area contributed by atoms with Gasteiger partial charge in [-0.15, -0.1) is 0 Å². The Morgan fingerprint density at radius 2 is 1.45 bits per heavy atom. The number of aromatic carboxylic acids is 2. The number of methoxy groups -OCH3 is 1. The van der Waals surface area contributed by atoms with Crippen LogP contribution in [-0.2, 0) is 4.79 Å². The number of fused-ring (bicyclic) bond motifs is 2. The molecular formula is C21H23N5O7. The Labute approximate surface area is 187 Å². The lowest BCUT2D eigenvalue weighted by Gasteiger charge is -1.96. The molecule has 33 heavy (non-hydrogen) atoms. The summed E-state index contributed by atoms with van der Waals surface area (Å²) < 4.78 is 5.00. The first-order valence-corrected chi connectivity index (χ1v) is 9.62. The smallest absolute Gasteiger partial charge is 0.371 e. The van der Waals surface area contributed by atoms with Gasteiger partial charge in [0.15, 0.2) is 0 Å². The fourth-order valence-corrected chi connectivity index (χ4v) is 2.56. The van der Waals surface area contributed by atoms with Crippen molar-refractivity contribution >= 4 is 39.9 Å². The number of phenols is 1. The predicted octanol–water partition coefficient (Wildman–Crippen LogP) is 2.51. The zero-order valence-electron chi connectivity index (χ0n) is 17.8. The van der Waals surface area contributed by atoms with Gasteiger partial charge in [-0.1, -0.05) is 6.92 Å². The molecule has 0 saturated heterocycles. The van der Waals surface area contributed by atoms with Gasteiger partial charge in [-0.3, -0.25) is 4.79 Å². The molecule has 0 spiro atoms. The molecule has 0 bridgehead atoms. The number of nitrogens with zero attached hydrogens (tertiary/aromatic N) is 2. The molecule has 174 valence electrons. The number of aromatic amines is 2. The molecule has 0 saturated carbocycles. The van der Waals surface area contributed by atoms with Crippen LogP contribution >= 0.6 is 0 Å². The van der Waals surface area contributed by atoms with Crippen molar-refractivity contribution in [2.45, 2.75) is 19.8 Å². The second-order valence-corrected chi connectivity index (χ2v) is 6.58. The van der Waals surface area contributed by atoms with E-state index in [9.17, 15) is 14.4 Å². The molecule has 0 radical (unpaired) electrons. The van der Waals surface area contributed by atoms with Crippen molar-refractivity contribution in [1.29, 1.82) is 0 Å². The summed E-state index contributed by atoms with van der Waals surface area (Å²) in [5.41, 5.74) is 7.07. The van der Waals surface area contributed by atoms with E-state index in [-0.39, 0.29) is 23.3 Å². The SMILES string of the molecule is CCCC(N)=O.COc1ccc2nc(C(=O)O)[nH]c2c1.O=C(O)c1nc2ccc(O)cc2[nH]1. The molecule has 2 aromatic heterocycles. The van der Waals surface area contributed by atoms with Gasteiger partial charge >= 0.3 is 11.9 Å². The number of hydrogen-bond donors (Lipinski definition) is 6. The Morgan fingerprint density at radius 1 is 0.939 bits per heavy atom. The van der Waals surface area contributed by atoms with E-state index in [4.69, 9.17) is 25.8 Å². The van der Waals surface area contributed by atoms with E-state index in [1.54, 1.807) is 31.4 Å². The number of imidazole rings is 2. The van der Waals surface area contributed by atoms with Crippen LogP contribution in [0, 0.1) is 0 Å². The standard InChI is InChI=1S/C9H8N2O3.C8H6N2O3.C4H9NO/c1-14-5-2-3-6-7(4-5)11-8(10-6)9(12)13;11-4-1-2-5-6(3-4)10-7(9-5)8(12)13;1-2-3-4(5)6/h2-4H,1H3,(H,10,11)(H,12,13);1-3,11H,(H,9,10)(H,12,13);2-3H2,1H3,(H2,5,6). The molecule has 0 aliphatic heterocycles. The molecule has 12 nitrogen and oxygen atoms in total. The minimum Gasteiger partial charge on any atom is -0.508 e. The van der Waals surface area contributed by atoms with Crippen LogP contribution in [0.15, 0.2) is 36.4 Å². The number of aromatic nitrogens is 4. The van der Waals surface area contributed by atoms with E-state index in [2.05, 4.69) is 19.9 Å². The molecule has 1 amide bonds. The third-order valence-electron chi connectivity index (χ3n) is 4.06. The molecule has 7 N–H and O–H groups in total. The second kappa shape index (κ2) is 11.1. The highest BCUT2D eigenvalue weighted by molar-refractivity contribution is 5.90. The lowest BCUT2D eigenvalue weighted by Crippen LogP contribution is -2.08. The van der Waals surface area contributed by atoms with Crippen molar-refractivity contribution in [3.05, 3.63) is 48.0 Å². The average Bonchev–Trinajstić information content (AvgIpc) is 3.38. The highest BCUT2D eigenvalue weighted by atomic mass is 16.5. The van der Waals surface area contributed by atoms with Crippen LogP contribution in [-0.4, -0.2) is 60.2 Å². The number of nitrogens with one attached hydrogen (secondary N) is 2. The van der Waals surface area contributed by atoms with Gasteiger partial charge < -0.3 is 35.8 Å². The molecule has 2 heterocycles. The van der Waals surface area contributed by atoms with E-state index >= 15 is 0 Å². The van der Waals surface area contributed by atoms with Crippen molar-refractivity contribution < 1.29 is 34.4 Å². The first-order chi connectivity index (χ1) is 15.6. The van der Waals surface area contributed by atoms with Crippen molar-refractivity contribution in [2.75, 3.05) is 7.11 Å². The van der Waals surface area contributed by atoms with Gasteiger partial charge in [0.25, 0.3) is 0 Å². The maximum atomic E-state index is 10.6. The highest BCUT2D eigenvalue weighted by Crippen LogP contribution is 2.19. The first kappa shape index (κ1) is 24.7. The third kappa shape index (κ3) is 6.95. The minimum absolute atomic E-state index is 0.0618. The monoisotopic (exact) mass is 457 g/mol. The van der Waals surface area contributed by atoms with E-state index in [1.807, 2.05) is 6.92 Å². The molecular weight excluding hydrogens is 434 g/mol. The van der Waals surface area contributed by atoms with Crippen LogP contribution in [0.25, 0.3) is 22.1 Å². The molecule has 4 rings (SSSR count). The number of carboxylic acid groups (broad SMARTS) is 2. The van der Waals surface area contributed by atoms with Gasteiger partial charge in [0.2, 0.25) is 17.6 Å². The van der Waals surface area contributed by atoms with Gasteiger partial charge in [-0.2, -0.15) is 0 Å². The Kier molecular flexibility index (Phi) is 8.32. The number of amides is 1. The van der Waals surface area contributed by atoms with Crippen molar-refractivity contribution in [1.82, 2.24) is 19.9 Å². The summed E-state index contributed by atoms with van der Waals surface area (Å²) >= 11 is 0. The fraction of sp³-hybridized carbons (Fsp3) is 0.190. The highest BCUT2D eigenvalue weighted by Gasteiger charge is 2.10. The largest absolute Gasteiger partial charge is 0.508 e. The Morgan fingerprint density at radius 3 is 1.88 bits per heavy atom. The van der Waals surface area contributed by atoms with Gasteiger partial charge in [0.1, 0.15) is 11.5 Å². The molecule has 0 fully saturated rings. The zero-order valence-corrected chi connectivity index (χ0v) is 17.8. The number of nitrogens with two attached hydrogens (primary N) is 1. The van der Waals surface area contributed by atoms with E-state index < -0.39 is 11.9 Å². The van der Waals surface area contributed by atoms with Gasteiger partial charge in [0.05, 0.1) is 29.2 Å². The molecule has 0 unspecified atom stereocenters. The number of H-pyrrole nitrogens is 2. The zero-order chi connectivity index (χ0) is 24.5. The van der Waals surface area contributed by atoms with Crippen LogP contribution in [0.4, 0.5) is 0 Å². The van der Waals surface area contributed by atoms with E-state index in [0.29, 0.717) is 34.2 Å². The summed E-state index contributed by atoms with van der Waals surface area (Å²) in [7, 11) is 1.55. The van der Waals surface area contributed by atoms with Crippen LogP contribution < -0.4 is 10.5 Å². The number of rotatable bonds is 5. The number of ether oxygens (including phenoxy) is 1. The number of primary amides is 1. The first-order valence-electron chi connectivity index (χ1n) is 9.62. The predicted molar refractivity (Wildman–Crippen MR) is 118 cm³/mol. The average molecular weight is 457 g/mol. The van der Waals surface area contributed by atoms with Crippen LogP contribution in [0.3, 0.4) is 0 Å². The molecule has 0 aliphatic rings. The lowest BCUT2D eigenvalue weighted by atomic mass is 10.3. The number of hydrogen-bond acceptors (Lipinski definition) is 7. The number of carbonyl (C=O) groups is 3. The van der Waals surface area contributed by atoms with Crippen molar-refractivity contribution in [3.8, 4) is 11.5 Å². The van der Waals surface area contributed by atoms with Gasteiger partial charge in [-0.25, -0.2) is 19.6 Å². The summed E-state index contributed by atoms with van der Waals surface area (Å²) in [4.78, 5) is 43.8. The minimum atomic E-state index is -1.12. The Bertz CT molecular complexity index is 1280. The molecule has 0 atom stereocenters. The van der Waals surface area contributed by atoms with E-state index in [1.165, 1.54) is 12.1 Å². The number of aromatic hydroxyl groups is 1. The summed E-state index contributed by atoms with van der Waals surface area (Å²) in [6.45, 7) is 1.92. The van der Waals surface area contributed by atoms with E-state index in [0.717, 1.165) is 6.42 Å². The number of carbonyl (C=O) groups excluding carboxylic acids is 1. The van der Waals surface area contributed by atoms with Crippen molar-refractivity contribution in [2.24, 2.45) is 5.73 Å². The van der Waals surface area contributed by atoms with Crippen LogP contribution in [0.2, 0.25) is 0 Å². The summed E-state index contributed by atoms with van der Waals surface area (Å²) in [5, 5.41) is 26.4. The molecule has 2 aromatic carbocycles. The summed E-state index contributed by atoms with van der Waals surface area (Å²) in [6, 6.07) is 9.57. The molecule has 4 aromatic rings. The Hall–Kier alpha value is -4.61. The topological polar surface area (TPSA) is 205 Å². The Balaban J connectivity index is 0.000000190. The number of phenolic OH excluding ortho intramolecular Hbond substituents is 1. The fourth-order valence-electron chi connectivity index (χ4n) is 2.56. The third-order valence-corrected chi connectivity index (χ3v) is 4.06. The quantitative estimate of drug-likeness (QED) is 0.260. The normalized spacial score (nSPS) is 10.0.